The summed E-state index contributed by atoms with van der Waals surface area (Å²) in [6.07, 6.45) is 1.08. The fourth-order valence-electron chi connectivity index (χ4n) is 2.30. The van der Waals surface area contributed by atoms with Crippen LogP contribution < -0.4 is 10.2 Å². The van der Waals surface area contributed by atoms with Crippen LogP contribution in [0.15, 0.2) is 6.07 Å². The molecule has 0 radical (unpaired) electrons. The molecule has 0 aliphatic carbocycles. The van der Waals surface area contributed by atoms with Gasteiger partial charge in [0.2, 0.25) is 0 Å². The first-order chi connectivity index (χ1) is 10.2. The van der Waals surface area contributed by atoms with E-state index in [1.54, 1.807) is 0 Å². The van der Waals surface area contributed by atoms with Gasteiger partial charge in [-0.15, -0.1) is 0 Å². The molecule has 1 saturated heterocycles. The summed E-state index contributed by atoms with van der Waals surface area (Å²) in [7, 11) is 0. The molecule has 1 unspecified atom stereocenters. The van der Waals surface area contributed by atoms with E-state index in [4.69, 9.17) is 9.72 Å². The van der Waals surface area contributed by atoms with Gasteiger partial charge in [-0.25, -0.2) is 9.97 Å². The second kappa shape index (κ2) is 8.44. The lowest BCUT2D eigenvalue weighted by atomic mass is 10.3. The van der Waals surface area contributed by atoms with Gasteiger partial charge in [0.1, 0.15) is 18.2 Å². The first-order valence-electron chi connectivity index (χ1n) is 7.78. The molecule has 118 valence electrons. The summed E-state index contributed by atoms with van der Waals surface area (Å²) in [5.74, 6) is 5.00. The summed E-state index contributed by atoms with van der Waals surface area (Å²) in [4.78, 5) is 11.6. The van der Waals surface area contributed by atoms with Crippen LogP contribution >= 0.6 is 11.8 Å². The normalized spacial score (nSPS) is 18.8. The Morgan fingerprint density at radius 1 is 1.43 bits per heavy atom. The molecule has 21 heavy (non-hydrogen) atoms. The molecular weight excluding hydrogens is 284 g/mol. The van der Waals surface area contributed by atoms with Crippen LogP contribution in [-0.2, 0) is 11.3 Å². The van der Waals surface area contributed by atoms with Crippen molar-refractivity contribution in [3.63, 3.8) is 0 Å². The Morgan fingerprint density at radius 2 is 2.29 bits per heavy atom. The quantitative estimate of drug-likeness (QED) is 0.836. The van der Waals surface area contributed by atoms with E-state index in [-0.39, 0.29) is 0 Å². The topological polar surface area (TPSA) is 50.3 Å². The Labute approximate surface area is 131 Å². The van der Waals surface area contributed by atoms with Crippen molar-refractivity contribution < 1.29 is 4.74 Å². The maximum absolute atomic E-state index is 5.47. The van der Waals surface area contributed by atoms with Gasteiger partial charge in [0, 0.05) is 43.3 Å². The molecule has 1 aliphatic rings. The van der Waals surface area contributed by atoms with Crippen LogP contribution in [0.4, 0.5) is 11.6 Å². The standard InChI is InChI=1S/C15H26N4OS/c1-4-6-16-13-9-15(18-14(17-13)10-20-5-2)19-7-8-21-11-12(19)3/h9,12H,4-8,10-11H2,1-3H3,(H,16,17,18). The lowest BCUT2D eigenvalue weighted by molar-refractivity contribution is 0.128. The van der Waals surface area contributed by atoms with E-state index in [1.807, 2.05) is 18.7 Å². The smallest absolute Gasteiger partial charge is 0.158 e. The lowest BCUT2D eigenvalue weighted by Gasteiger charge is -2.34. The van der Waals surface area contributed by atoms with Crippen LogP contribution in [0.2, 0.25) is 0 Å². The molecule has 2 rings (SSSR count). The molecule has 5 nitrogen and oxygen atoms in total. The van der Waals surface area contributed by atoms with Gasteiger partial charge in [0.25, 0.3) is 0 Å². The zero-order valence-electron chi connectivity index (χ0n) is 13.3. The number of hydrogen-bond donors (Lipinski definition) is 1. The zero-order valence-corrected chi connectivity index (χ0v) is 14.1. The summed E-state index contributed by atoms with van der Waals surface area (Å²) in [5, 5.41) is 3.37. The number of ether oxygens (including phenoxy) is 1. The Morgan fingerprint density at radius 3 is 3.00 bits per heavy atom. The fraction of sp³-hybridized carbons (Fsp3) is 0.733. The first kappa shape index (κ1) is 16.4. The molecule has 1 aromatic rings. The third-order valence-corrected chi connectivity index (χ3v) is 4.60. The Hall–Kier alpha value is -1.01. The third-order valence-electron chi connectivity index (χ3n) is 3.41. The monoisotopic (exact) mass is 310 g/mol. The molecule has 1 aliphatic heterocycles. The van der Waals surface area contributed by atoms with E-state index in [9.17, 15) is 0 Å². The average molecular weight is 310 g/mol. The molecule has 6 heteroatoms. The van der Waals surface area contributed by atoms with Crippen LogP contribution in [0.1, 0.15) is 33.0 Å². The predicted octanol–water partition coefficient (Wildman–Crippen LogP) is 2.78. The van der Waals surface area contributed by atoms with E-state index in [0.717, 1.165) is 48.5 Å². The van der Waals surface area contributed by atoms with Gasteiger partial charge in [-0.3, -0.25) is 0 Å². The molecule has 1 aromatic heterocycles. The minimum atomic E-state index is 0.474. The highest BCUT2D eigenvalue weighted by molar-refractivity contribution is 7.99. The van der Waals surface area contributed by atoms with Crippen molar-refractivity contribution in [2.75, 3.05) is 41.4 Å². The van der Waals surface area contributed by atoms with Crippen molar-refractivity contribution in [3.8, 4) is 0 Å². The van der Waals surface area contributed by atoms with Crippen LogP contribution in [0.25, 0.3) is 0 Å². The molecule has 0 amide bonds. The summed E-state index contributed by atoms with van der Waals surface area (Å²) in [5.41, 5.74) is 0. The molecule has 0 saturated carbocycles. The third kappa shape index (κ3) is 4.74. The number of anilines is 2. The van der Waals surface area contributed by atoms with E-state index in [0.29, 0.717) is 19.3 Å². The molecule has 0 aromatic carbocycles. The molecule has 0 spiro atoms. The number of rotatable bonds is 7. The first-order valence-corrected chi connectivity index (χ1v) is 8.94. The molecule has 1 N–H and O–H groups in total. The van der Waals surface area contributed by atoms with Crippen molar-refractivity contribution in [1.29, 1.82) is 0 Å². The molecule has 1 fully saturated rings. The van der Waals surface area contributed by atoms with Gasteiger partial charge in [0.05, 0.1) is 0 Å². The van der Waals surface area contributed by atoms with E-state index < -0.39 is 0 Å². The van der Waals surface area contributed by atoms with Gasteiger partial charge in [-0.1, -0.05) is 6.92 Å². The number of hydrogen-bond acceptors (Lipinski definition) is 6. The molecular formula is C15H26N4OS. The van der Waals surface area contributed by atoms with Gasteiger partial charge >= 0.3 is 0 Å². The van der Waals surface area contributed by atoms with Crippen molar-refractivity contribution in [3.05, 3.63) is 11.9 Å². The van der Waals surface area contributed by atoms with Crippen LogP contribution in [0.3, 0.4) is 0 Å². The number of thioether (sulfide) groups is 1. The maximum Gasteiger partial charge on any atom is 0.158 e. The van der Waals surface area contributed by atoms with Gasteiger partial charge in [-0.05, 0) is 20.3 Å². The maximum atomic E-state index is 5.47. The molecule has 0 bridgehead atoms. The Kier molecular flexibility index (Phi) is 6.57. The van der Waals surface area contributed by atoms with Crippen LogP contribution in [0.5, 0.6) is 0 Å². The van der Waals surface area contributed by atoms with Gasteiger partial charge < -0.3 is 15.0 Å². The highest BCUT2D eigenvalue weighted by Gasteiger charge is 2.21. The minimum Gasteiger partial charge on any atom is -0.374 e. The average Bonchev–Trinajstić information content (AvgIpc) is 2.51. The Balaban J connectivity index is 2.20. The van der Waals surface area contributed by atoms with Crippen molar-refractivity contribution in [2.24, 2.45) is 0 Å². The SMILES string of the molecule is CCCNc1cc(N2CCSCC2C)nc(COCC)n1. The predicted molar refractivity (Wildman–Crippen MR) is 90.3 cm³/mol. The van der Waals surface area contributed by atoms with Crippen LogP contribution in [-0.4, -0.2) is 47.2 Å². The van der Waals surface area contributed by atoms with E-state index >= 15 is 0 Å². The van der Waals surface area contributed by atoms with Crippen molar-refractivity contribution in [2.45, 2.75) is 39.8 Å². The van der Waals surface area contributed by atoms with E-state index in [1.165, 1.54) is 0 Å². The summed E-state index contributed by atoms with van der Waals surface area (Å²) < 4.78 is 5.47. The van der Waals surface area contributed by atoms with Crippen molar-refractivity contribution in [1.82, 2.24) is 9.97 Å². The second-order valence-corrected chi connectivity index (χ2v) is 6.36. The lowest BCUT2D eigenvalue weighted by Crippen LogP contribution is -2.41. The summed E-state index contributed by atoms with van der Waals surface area (Å²) >= 11 is 2.01. The number of nitrogens with zero attached hydrogens (tertiary/aromatic N) is 3. The summed E-state index contributed by atoms with van der Waals surface area (Å²) in [6, 6.07) is 2.58. The Bertz CT molecular complexity index is 417. The van der Waals surface area contributed by atoms with Gasteiger partial charge in [0.15, 0.2) is 5.82 Å². The van der Waals surface area contributed by atoms with E-state index in [2.05, 4.69) is 35.1 Å². The van der Waals surface area contributed by atoms with Gasteiger partial charge in [-0.2, -0.15) is 11.8 Å². The summed E-state index contributed by atoms with van der Waals surface area (Å²) in [6.45, 7) is 9.53. The highest BCUT2D eigenvalue weighted by atomic mass is 32.2. The molecule has 2 heterocycles. The molecule has 1 atom stereocenters. The number of aromatic nitrogens is 2. The highest BCUT2D eigenvalue weighted by Crippen LogP contribution is 2.24. The fourth-order valence-corrected chi connectivity index (χ4v) is 3.31. The van der Waals surface area contributed by atoms with Crippen LogP contribution in [0, 0.1) is 0 Å². The second-order valence-electron chi connectivity index (χ2n) is 5.21. The number of nitrogens with one attached hydrogen (secondary N) is 1. The zero-order chi connectivity index (χ0) is 15.1. The van der Waals surface area contributed by atoms with Crippen molar-refractivity contribution >= 4 is 23.4 Å². The largest absolute Gasteiger partial charge is 0.374 e. The minimum absolute atomic E-state index is 0.474.